The molecule has 138 valence electrons. The quantitative estimate of drug-likeness (QED) is 0.700. The summed E-state index contributed by atoms with van der Waals surface area (Å²) < 4.78 is 5.24. The van der Waals surface area contributed by atoms with E-state index in [0.717, 1.165) is 5.56 Å². The molecule has 2 aromatic rings. The minimum absolute atomic E-state index is 0.00649. The highest BCUT2D eigenvalue weighted by Gasteiger charge is 2.20. The van der Waals surface area contributed by atoms with Crippen LogP contribution in [0.4, 0.5) is 5.69 Å². The number of ether oxygens (including phenoxy) is 1. The summed E-state index contributed by atoms with van der Waals surface area (Å²) in [5, 5.41) is 3.39. The van der Waals surface area contributed by atoms with Gasteiger partial charge in [0, 0.05) is 5.02 Å². The lowest BCUT2D eigenvalue weighted by molar-refractivity contribution is -0.123. The second-order valence-corrected chi connectivity index (χ2v) is 7.83. The molecule has 4 nitrogen and oxygen atoms in total. The van der Waals surface area contributed by atoms with Gasteiger partial charge in [-0.3, -0.25) is 4.79 Å². The first-order valence-electron chi connectivity index (χ1n) is 8.15. The Kier molecular flexibility index (Phi) is 6.32. The van der Waals surface area contributed by atoms with Crippen molar-refractivity contribution in [3.63, 3.8) is 0 Å². The number of halogens is 2. The number of esters is 1. The highest BCUT2D eigenvalue weighted by molar-refractivity contribution is 6.36. The molecule has 0 saturated heterocycles. The Bertz CT molecular complexity index is 811. The van der Waals surface area contributed by atoms with E-state index >= 15 is 0 Å². The van der Waals surface area contributed by atoms with Gasteiger partial charge < -0.3 is 10.1 Å². The van der Waals surface area contributed by atoms with Gasteiger partial charge in [-0.05, 0) is 48.2 Å². The van der Waals surface area contributed by atoms with Gasteiger partial charge in [-0.1, -0.05) is 56.1 Å². The molecule has 0 saturated carbocycles. The second kappa shape index (κ2) is 8.11. The van der Waals surface area contributed by atoms with Crippen LogP contribution in [0, 0.1) is 0 Å². The number of anilines is 1. The molecule has 0 spiro atoms. The molecule has 0 aliphatic carbocycles. The maximum Gasteiger partial charge on any atom is 0.338 e. The van der Waals surface area contributed by atoms with Crippen LogP contribution in [0.2, 0.25) is 10.0 Å². The number of rotatable bonds is 4. The highest BCUT2D eigenvalue weighted by Crippen LogP contribution is 2.26. The van der Waals surface area contributed by atoms with Gasteiger partial charge in [0.05, 0.1) is 16.3 Å². The molecule has 0 heterocycles. The zero-order valence-corrected chi connectivity index (χ0v) is 16.6. The van der Waals surface area contributed by atoms with Crippen molar-refractivity contribution >= 4 is 40.8 Å². The van der Waals surface area contributed by atoms with Crippen LogP contribution in [0.25, 0.3) is 0 Å². The maximum absolute atomic E-state index is 12.2. The van der Waals surface area contributed by atoms with E-state index in [-0.39, 0.29) is 5.41 Å². The Morgan fingerprint density at radius 3 is 2.19 bits per heavy atom. The van der Waals surface area contributed by atoms with E-state index in [1.54, 1.807) is 24.3 Å². The molecular formula is C20H21Cl2NO3. The molecule has 0 aromatic heterocycles. The fourth-order valence-electron chi connectivity index (χ4n) is 2.21. The molecule has 0 bridgehead atoms. The number of carbonyl (C=O) groups excluding carboxylic acids is 2. The molecule has 26 heavy (non-hydrogen) atoms. The minimum Gasteiger partial charge on any atom is -0.449 e. The smallest absolute Gasteiger partial charge is 0.338 e. The van der Waals surface area contributed by atoms with E-state index in [2.05, 4.69) is 26.1 Å². The summed E-state index contributed by atoms with van der Waals surface area (Å²) in [4.78, 5) is 24.5. The molecule has 2 rings (SSSR count). The molecule has 1 amide bonds. The largest absolute Gasteiger partial charge is 0.449 e. The van der Waals surface area contributed by atoms with E-state index in [1.165, 1.54) is 13.0 Å². The van der Waals surface area contributed by atoms with Gasteiger partial charge in [-0.2, -0.15) is 0 Å². The van der Waals surface area contributed by atoms with Gasteiger partial charge in [-0.25, -0.2) is 4.79 Å². The Balaban J connectivity index is 2.00. The van der Waals surface area contributed by atoms with Crippen molar-refractivity contribution in [1.82, 2.24) is 0 Å². The van der Waals surface area contributed by atoms with E-state index in [9.17, 15) is 9.59 Å². The summed E-state index contributed by atoms with van der Waals surface area (Å²) >= 11 is 11.8. The topological polar surface area (TPSA) is 55.4 Å². The molecule has 0 fully saturated rings. The van der Waals surface area contributed by atoms with E-state index in [4.69, 9.17) is 27.9 Å². The predicted molar refractivity (Wildman–Crippen MR) is 105 cm³/mol. The SMILES string of the molecule is CC(OC(=O)c1ccc(C(C)(C)C)cc1)C(=O)Nc1ccc(Cl)cc1Cl. The standard InChI is InChI=1S/C20H21Cl2NO3/c1-12(18(24)23-17-10-9-15(21)11-16(17)22)26-19(25)13-5-7-14(8-6-13)20(2,3)4/h5-12H,1-4H3,(H,23,24). The summed E-state index contributed by atoms with van der Waals surface area (Å²) in [5.74, 6) is -1.04. The normalized spacial score (nSPS) is 12.4. The van der Waals surface area contributed by atoms with Crippen molar-refractivity contribution < 1.29 is 14.3 Å². The fraction of sp³-hybridized carbons (Fsp3) is 0.300. The van der Waals surface area contributed by atoms with Gasteiger partial charge in [0.25, 0.3) is 5.91 Å². The van der Waals surface area contributed by atoms with Crippen molar-refractivity contribution in [2.75, 3.05) is 5.32 Å². The van der Waals surface area contributed by atoms with Crippen molar-refractivity contribution in [2.24, 2.45) is 0 Å². The van der Waals surface area contributed by atoms with Gasteiger partial charge in [0.15, 0.2) is 6.10 Å². The summed E-state index contributed by atoms with van der Waals surface area (Å²) in [6.45, 7) is 7.78. The Hall–Kier alpha value is -2.04. The first-order chi connectivity index (χ1) is 12.1. The lowest BCUT2D eigenvalue weighted by Crippen LogP contribution is -2.30. The van der Waals surface area contributed by atoms with Crippen LogP contribution < -0.4 is 5.32 Å². The number of carbonyl (C=O) groups is 2. The minimum atomic E-state index is -0.975. The Morgan fingerprint density at radius 2 is 1.65 bits per heavy atom. The van der Waals surface area contributed by atoms with Crippen molar-refractivity contribution in [3.05, 3.63) is 63.6 Å². The average Bonchev–Trinajstić information content (AvgIpc) is 2.56. The van der Waals surface area contributed by atoms with Crippen LogP contribution in [-0.2, 0) is 14.9 Å². The van der Waals surface area contributed by atoms with Crippen LogP contribution in [0.5, 0.6) is 0 Å². The highest BCUT2D eigenvalue weighted by atomic mass is 35.5. The van der Waals surface area contributed by atoms with E-state index < -0.39 is 18.0 Å². The molecule has 1 unspecified atom stereocenters. The molecule has 0 aliphatic rings. The number of hydrogen-bond acceptors (Lipinski definition) is 3. The number of nitrogens with one attached hydrogen (secondary N) is 1. The van der Waals surface area contributed by atoms with Gasteiger partial charge in [0.2, 0.25) is 0 Å². The monoisotopic (exact) mass is 393 g/mol. The molecule has 0 radical (unpaired) electrons. The van der Waals surface area contributed by atoms with Crippen LogP contribution in [0.3, 0.4) is 0 Å². The molecule has 1 atom stereocenters. The van der Waals surface area contributed by atoms with Crippen molar-refractivity contribution in [1.29, 1.82) is 0 Å². The predicted octanol–water partition coefficient (Wildman–Crippen LogP) is 5.47. The number of benzene rings is 2. The zero-order valence-electron chi connectivity index (χ0n) is 15.1. The van der Waals surface area contributed by atoms with Crippen molar-refractivity contribution in [3.8, 4) is 0 Å². The maximum atomic E-state index is 12.2. The van der Waals surface area contributed by atoms with Crippen LogP contribution in [-0.4, -0.2) is 18.0 Å². The van der Waals surface area contributed by atoms with Crippen LogP contribution in [0.15, 0.2) is 42.5 Å². The summed E-state index contributed by atoms with van der Waals surface area (Å²) in [5.41, 5.74) is 1.89. The summed E-state index contributed by atoms with van der Waals surface area (Å²) in [6, 6.07) is 11.9. The molecule has 6 heteroatoms. The Morgan fingerprint density at radius 1 is 1.04 bits per heavy atom. The zero-order chi connectivity index (χ0) is 19.5. The van der Waals surface area contributed by atoms with Gasteiger partial charge >= 0.3 is 5.97 Å². The van der Waals surface area contributed by atoms with Crippen LogP contribution >= 0.6 is 23.2 Å². The first-order valence-corrected chi connectivity index (χ1v) is 8.91. The lowest BCUT2D eigenvalue weighted by atomic mass is 9.87. The third-order valence-corrected chi connectivity index (χ3v) is 4.38. The fourth-order valence-corrected chi connectivity index (χ4v) is 2.67. The molecule has 0 aliphatic heterocycles. The molecule has 1 N–H and O–H groups in total. The number of amides is 1. The first kappa shape index (κ1) is 20.3. The van der Waals surface area contributed by atoms with Crippen molar-refractivity contribution in [2.45, 2.75) is 39.2 Å². The third-order valence-electron chi connectivity index (χ3n) is 3.83. The van der Waals surface area contributed by atoms with E-state index in [1.807, 2.05) is 12.1 Å². The number of hydrogen-bond donors (Lipinski definition) is 1. The lowest BCUT2D eigenvalue weighted by Gasteiger charge is -2.19. The third kappa shape index (κ3) is 5.23. The summed E-state index contributed by atoms with van der Waals surface area (Å²) in [6.07, 6.45) is -0.975. The van der Waals surface area contributed by atoms with E-state index in [0.29, 0.717) is 21.3 Å². The van der Waals surface area contributed by atoms with Gasteiger partial charge in [-0.15, -0.1) is 0 Å². The van der Waals surface area contributed by atoms with Crippen LogP contribution in [0.1, 0.15) is 43.6 Å². The summed E-state index contributed by atoms with van der Waals surface area (Å²) in [7, 11) is 0. The molecular weight excluding hydrogens is 373 g/mol. The average molecular weight is 394 g/mol. The second-order valence-electron chi connectivity index (χ2n) is 6.99. The van der Waals surface area contributed by atoms with Gasteiger partial charge in [0.1, 0.15) is 0 Å². The molecule has 2 aromatic carbocycles. The Labute approximate surface area is 163 Å².